The smallest absolute Gasteiger partial charge is 0.304 e. The highest BCUT2D eigenvalue weighted by atomic mass is 35.5. The van der Waals surface area contributed by atoms with Crippen molar-refractivity contribution < 1.29 is 14.3 Å². The number of carbonyl (C=O) groups excluding carboxylic acids is 2. The molecule has 31 heavy (non-hydrogen) atoms. The average Bonchev–Trinajstić information content (AvgIpc) is 3.05. The molecule has 3 aromatic carbocycles. The van der Waals surface area contributed by atoms with Gasteiger partial charge >= 0.3 is 5.91 Å². The van der Waals surface area contributed by atoms with Crippen LogP contribution < -0.4 is 10.7 Å². The second-order valence-corrected chi connectivity index (χ2v) is 8.25. The number of halogens is 2. The van der Waals surface area contributed by atoms with Crippen molar-refractivity contribution in [3.05, 3.63) is 105 Å². The van der Waals surface area contributed by atoms with Gasteiger partial charge < -0.3 is 5.32 Å². The van der Waals surface area contributed by atoms with Crippen molar-refractivity contribution >= 4 is 41.2 Å². The summed E-state index contributed by atoms with van der Waals surface area (Å²) in [5, 5.41) is 4.10. The maximum atomic E-state index is 12.9. The van der Waals surface area contributed by atoms with Gasteiger partial charge in [0.25, 0.3) is 5.91 Å². The normalized spacial score (nSPS) is 19.3. The van der Waals surface area contributed by atoms with E-state index in [-0.39, 0.29) is 11.8 Å². The fourth-order valence-electron chi connectivity index (χ4n) is 3.48. The highest BCUT2D eigenvalue weighted by molar-refractivity contribution is 6.30. The van der Waals surface area contributed by atoms with Crippen LogP contribution in [0.5, 0.6) is 0 Å². The molecule has 3 aromatic rings. The molecule has 156 valence electrons. The van der Waals surface area contributed by atoms with E-state index in [9.17, 15) is 9.59 Å². The van der Waals surface area contributed by atoms with Gasteiger partial charge in [-0.05, 0) is 55.5 Å². The molecule has 5 nitrogen and oxygen atoms in total. The average molecular weight is 453 g/mol. The number of hydrogen-bond acceptors (Lipinski definition) is 2. The molecule has 0 saturated carbocycles. The minimum absolute atomic E-state index is 0.300. The first-order valence-corrected chi connectivity index (χ1v) is 10.5. The van der Waals surface area contributed by atoms with Crippen LogP contribution in [-0.2, 0) is 4.79 Å². The zero-order valence-corrected chi connectivity index (χ0v) is 18.2. The quantitative estimate of drug-likeness (QED) is 0.579. The molecule has 0 unspecified atom stereocenters. The number of aryl methyl sites for hydroxylation is 1. The van der Waals surface area contributed by atoms with Crippen molar-refractivity contribution in [3.63, 3.8) is 0 Å². The molecule has 0 bridgehead atoms. The van der Waals surface area contributed by atoms with Gasteiger partial charge in [0.2, 0.25) is 12.3 Å². The van der Waals surface area contributed by atoms with E-state index < -0.39 is 12.1 Å². The first-order chi connectivity index (χ1) is 14.9. The Kier molecular flexibility index (Phi) is 6.07. The Morgan fingerprint density at radius 3 is 2.13 bits per heavy atom. The van der Waals surface area contributed by atoms with Crippen molar-refractivity contribution in [2.75, 3.05) is 0 Å². The number of amides is 2. The van der Waals surface area contributed by atoms with Crippen LogP contribution in [0.25, 0.3) is 0 Å². The number of benzene rings is 3. The predicted molar refractivity (Wildman–Crippen MR) is 122 cm³/mol. The molecule has 0 radical (unpaired) electrons. The van der Waals surface area contributed by atoms with E-state index in [2.05, 4.69) is 10.7 Å². The lowest BCUT2D eigenvalue weighted by atomic mass is 9.99. The first kappa shape index (κ1) is 21.1. The lowest BCUT2D eigenvalue weighted by molar-refractivity contribution is -0.596. The lowest BCUT2D eigenvalue weighted by Crippen LogP contribution is -2.42. The van der Waals surface area contributed by atoms with Gasteiger partial charge in [0.1, 0.15) is 0 Å². The molecule has 7 heteroatoms. The van der Waals surface area contributed by atoms with Crippen LogP contribution in [0.3, 0.4) is 0 Å². The molecule has 2 N–H and O–H groups in total. The summed E-state index contributed by atoms with van der Waals surface area (Å²) >= 11 is 12.0. The third-order valence-corrected chi connectivity index (χ3v) is 5.61. The van der Waals surface area contributed by atoms with Gasteiger partial charge in [-0.2, -0.15) is 0 Å². The van der Waals surface area contributed by atoms with Gasteiger partial charge in [-0.3, -0.25) is 9.59 Å². The minimum Gasteiger partial charge on any atom is -0.334 e. The van der Waals surface area contributed by atoms with Crippen LogP contribution in [-0.4, -0.2) is 28.8 Å². The number of nitrogens with one attached hydrogen (secondary N) is 2. The Morgan fingerprint density at radius 1 is 0.935 bits per heavy atom. The van der Waals surface area contributed by atoms with Crippen molar-refractivity contribution in [1.29, 1.82) is 0 Å². The minimum atomic E-state index is -0.793. The number of carbonyl (C=O) groups is 2. The highest BCUT2D eigenvalue weighted by Gasteiger charge is 2.47. The Bertz CT molecular complexity index is 1140. The van der Waals surface area contributed by atoms with Crippen molar-refractivity contribution in [2.45, 2.75) is 19.0 Å². The van der Waals surface area contributed by atoms with Crippen LogP contribution in [0.2, 0.25) is 10.0 Å². The molecular weight excluding hydrogens is 433 g/mol. The van der Waals surface area contributed by atoms with Crippen LogP contribution >= 0.6 is 23.2 Å². The Hall–Kier alpha value is -3.15. The van der Waals surface area contributed by atoms with Gasteiger partial charge in [-0.1, -0.05) is 53.0 Å². The molecule has 1 heterocycles. The lowest BCUT2D eigenvalue weighted by Gasteiger charge is -2.15. The van der Waals surface area contributed by atoms with Crippen LogP contribution in [0.15, 0.2) is 72.8 Å². The van der Waals surface area contributed by atoms with Crippen molar-refractivity contribution in [1.82, 2.24) is 10.7 Å². The van der Waals surface area contributed by atoms with Gasteiger partial charge in [0.05, 0.1) is 0 Å². The molecule has 4 rings (SSSR count). The molecular formula is C24H20Cl2N3O2+. The van der Waals surface area contributed by atoms with Crippen molar-refractivity contribution in [2.24, 2.45) is 0 Å². The summed E-state index contributed by atoms with van der Waals surface area (Å²) in [4.78, 5) is 25.7. The number of rotatable bonds is 4. The summed E-state index contributed by atoms with van der Waals surface area (Å²) in [5.74, 6) is -0.613. The van der Waals surface area contributed by atoms with Crippen LogP contribution in [0, 0.1) is 6.92 Å². The summed E-state index contributed by atoms with van der Waals surface area (Å²) in [6.07, 6.45) is 1.81. The monoisotopic (exact) mass is 452 g/mol. The third kappa shape index (κ3) is 4.79. The molecule has 1 saturated heterocycles. The van der Waals surface area contributed by atoms with E-state index in [1.54, 1.807) is 41.1 Å². The van der Waals surface area contributed by atoms with E-state index in [1.165, 1.54) is 0 Å². The summed E-state index contributed by atoms with van der Waals surface area (Å²) in [6.45, 7) is 1.95. The summed E-state index contributed by atoms with van der Waals surface area (Å²) < 4.78 is 1.70. The molecule has 1 aliphatic rings. The topological polar surface area (TPSA) is 61.2 Å². The maximum absolute atomic E-state index is 12.9. The predicted octanol–water partition coefficient (Wildman–Crippen LogP) is 4.32. The van der Waals surface area contributed by atoms with E-state index in [1.807, 2.05) is 49.5 Å². The Labute approximate surface area is 190 Å². The summed E-state index contributed by atoms with van der Waals surface area (Å²) in [7, 11) is 0. The third-order valence-electron chi connectivity index (χ3n) is 5.11. The molecule has 0 aromatic heterocycles. The number of hydrogen-bond donors (Lipinski definition) is 2. The fourth-order valence-corrected chi connectivity index (χ4v) is 3.73. The van der Waals surface area contributed by atoms with E-state index in [0.29, 0.717) is 15.6 Å². The van der Waals surface area contributed by atoms with Gasteiger partial charge in [0.15, 0.2) is 6.04 Å². The second kappa shape index (κ2) is 8.92. The van der Waals surface area contributed by atoms with Crippen molar-refractivity contribution in [3.8, 4) is 0 Å². The number of nitrogens with zero attached hydrogens (tertiary/aromatic N) is 1. The zero-order valence-electron chi connectivity index (χ0n) is 16.7. The molecule has 1 aliphatic heterocycles. The Morgan fingerprint density at radius 2 is 1.52 bits per heavy atom. The summed E-state index contributed by atoms with van der Waals surface area (Å²) in [6, 6.07) is 20.4. The molecule has 0 aliphatic carbocycles. The van der Waals surface area contributed by atoms with Gasteiger partial charge in [0, 0.05) is 26.7 Å². The first-order valence-electron chi connectivity index (χ1n) is 9.73. The fraction of sp³-hybridized carbons (Fsp3) is 0.125. The highest BCUT2D eigenvalue weighted by Crippen LogP contribution is 2.27. The summed E-state index contributed by atoms with van der Waals surface area (Å²) in [5.41, 5.74) is 6.09. The molecule has 0 spiro atoms. The molecule has 1 fully saturated rings. The largest absolute Gasteiger partial charge is 0.334 e. The molecule has 2 atom stereocenters. The van der Waals surface area contributed by atoms with Gasteiger partial charge in [-0.15, -0.1) is 10.1 Å². The number of hydrazine groups is 1. The van der Waals surface area contributed by atoms with Crippen LogP contribution in [0.1, 0.15) is 33.1 Å². The Balaban J connectivity index is 1.69. The molecule has 2 amide bonds. The maximum Gasteiger partial charge on any atom is 0.304 e. The SMILES string of the molecule is Cc1ccc(C(=O)N[C@@H]2C(=O)N/[N+](=C\c3ccc(Cl)cc3)[C@@H]2c2ccc(Cl)cc2)cc1. The standard InChI is InChI=1S/C24H19Cl2N3O2/c1-15-2-6-18(7-3-15)23(30)27-21-22(17-8-12-20(26)13-9-17)29(28-24(21)31)14-16-4-10-19(25)11-5-16/h2-14,21-22H,1H3,(H-,27,28,30,31)/p+1/b29-14-/t21-,22+/m0/s1. The number of hydrazone groups is 1. The zero-order chi connectivity index (χ0) is 22.0. The van der Waals surface area contributed by atoms with E-state index in [0.717, 1.165) is 16.7 Å². The van der Waals surface area contributed by atoms with E-state index >= 15 is 0 Å². The van der Waals surface area contributed by atoms with Gasteiger partial charge in [-0.25, -0.2) is 0 Å². The van der Waals surface area contributed by atoms with Crippen LogP contribution in [0.4, 0.5) is 0 Å². The van der Waals surface area contributed by atoms with E-state index in [4.69, 9.17) is 23.2 Å². The second-order valence-electron chi connectivity index (χ2n) is 7.38.